The smallest absolute Gasteiger partial charge is 0.152 e. The van der Waals surface area contributed by atoms with Crippen molar-refractivity contribution in [3.8, 4) is 0 Å². The van der Waals surface area contributed by atoms with Crippen LogP contribution in [0.2, 0.25) is 0 Å². The highest BCUT2D eigenvalue weighted by Crippen LogP contribution is 1.25. The molecule has 4 N–H and O–H groups in total. The van der Waals surface area contributed by atoms with Gasteiger partial charge in [0.05, 0.1) is 0 Å². The lowest BCUT2D eigenvalue weighted by molar-refractivity contribution is 0.312. The molecule has 6 heteroatoms. The molecule has 0 bridgehead atoms. The summed E-state index contributed by atoms with van der Waals surface area (Å²) >= 11 is 0. The molecule has 36 valence electrons. The van der Waals surface area contributed by atoms with Crippen LogP contribution in [0.3, 0.4) is 0 Å². The molecule has 0 saturated carbocycles. The molecule has 0 fully saturated rings. The van der Waals surface area contributed by atoms with Gasteiger partial charge in [-0.2, -0.15) is 0 Å². The van der Waals surface area contributed by atoms with E-state index in [1.165, 1.54) is 5.34 Å². The molecule has 0 aromatic rings. The molecule has 0 aliphatic carbocycles. The van der Waals surface area contributed by atoms with Gasteiger partial charge in [-0.1, -0.05) is 0 Å². The van der Waals surface area contributed by atoms with E-state index in [9.17, 15) is 0 Å². The highest BCUT2D eigenvalue weighted by Gasteiger charge is 1.18. The van der Waals surface area contributed by atoms with Gasteiger partial charge in [0.15, 0.2) is 5.34 Å². The minimum absolute atomic E-state index is 0. The molecule has 0 atom stereocenters. The van der Waals surface area contributed by atoms with Crippen molar-refractivity contribution in [2.24, 2.45) is 5.34 Å². The van der Waals surface area contributed by atoms with Crippen LogP contribution >= 0.6 is 0 Å². The van der Waals surface area contributed by atoms with E-state index >= 15 is 0 Å². The van der Waals surface area contributed by atoms with Crippen molar-refractivity contribution >= 4 is 0 Å². The molecule has 6 radical (unpaired) electrons. The predicted octanol–water partition coefficient (Wildman–Crippen LogP) is -0.657. The zero-order valence-corrected chi connectivity index (χ0v) is 2.90. The van der Waals surface area contributed by atoms with E-state index in [0.29, 0.717) is 0 Å². The third-order valence-corrected chi connectivity index (χ3v) is 0. The second kappa shape index (κ2) is 587. The van der Waals surface area contributed by atoms with E-state index in [-0.39, 0.29) is 18.5 Å². The summed E-state index contributed by atoms with van der Waals surface area (Å²) in [5, 5.41) is 7.89. The van der Waals surface area contributed by atoms with E-state index in [1.807, 2.05) is 0 Å². The SMILES string of the molecule is N.O=NO.[N].[N]. The van der Waals surface area contributed by atoms with Gasteiger partial charge in [0.2, 0.25) is 0 Å². The number of rotatable bonds is 0. The maximum absolute atomic E-state index is 8.11. The topological polar surface area (TPSA) is 146 Å². The minimum Gasteiger partial charge on any atom is -0.379 e. The van der Waals surface area contributed by atoms with Crippen LogP contribution in [-0.2, 0) is 0 Å². The predicted molar refractivity (Wildman–Crippen MR) is 16.9 cm³/mol. The van der Waals surface area contributed by atoms with Crippen LogP contribution in [0.25, 0.3) is 0 Å². The van der Waals surface area contributed by atoms with Gasteiger partial charge in [0.25, 0.3) is 0 Å². The Morgan fingerprint density at radius 1 is 1.33 bits per heavy atom. The standard InChI is InChI=1S/HNO2.H3N.2N/c2-1-3;;;/h(H,2,3);1H3;;. The molecule has 0 unspecified atom stereocenters. The average molecular weight is 92.1 g/mol. The molecule has 0 spiro atoms. The van der Waals surface area contributed by atoms with Crippen LogP contribution in [0, 0.1) is 4.91 Å². The Labute approximate surface area is 35.2 Å². The van der Waals surface area contributed by atoms with Crippen LogP contribution in [0.5, 0.6) is 0 Å². The summed E-state index contributed by atoms with van der Waals surface area (Å²) in [4.78, 5) is 8.11. The summed E-state index contributed by atoms with van der Waals surface area (Å²) in [5.41, 5.74) is 0. The molecule has 6 heavy (non-hydrogen) atoms. The quantitative estimate of drug-likeness (QED) is 0.302. The van der Waals surface area contributed by atoms with Gasteiger partial charge in [-0.3, -0.25) is 0 Å². The van der Waals surface area contributed by atoms with Gasteiger partial charge in [-0.15, -0.1) is 4.91 Å². The molecule has 0 rings (SSSR count). The van der Waals surface area contributed by atoms with Crippen LogP contribution < -0.4 is 18.5 Å². The molecular weight excluding hydrogens is 88.0 g/mol. The van der Waals surface area contributed by atoms with Crippen LogP contribution in [0.1, 0.15) is 0 Å². The first kappa shape index (κ1) is 59.0. The van der Waals surface area contributed by atoms with Crippen molar-refractivity contribution in [3.05, 3.63) is 4.91 Å². The first-order chi connectivity index (χ1) is 1.41. The molecule has 0 aromatic carbocycles. The lowest BCUT2D eigenvalue weighted by Gasteiger charge is -1.32. The molecule has 6 nitrogen and oxygen atoms in total. The van der Waals surface area contributed by atoms with E-state index in [4.69, 9.17) is 10.1 Å². The Bertz CT molecular complexity index is 13.0. The highest BCUT2D eigenvalue weighted by molar-refractivity contribution is 3.83. The molecule has 0 aliphatic rings. The van der Waals surface area contributed by atoms with Gasteiger partial charge in [-0.25, -0.2) is 0 Å². The van der Waals surface area contributed by atoms with E-state index < -0.39 is 0 Å². The largest absolute Gasteiger partial charge is 0.379 e. The van der Waals surface area contributed by atoms with Gasteiger partial charge in [0.1, 0.15) is 0 Å². The first-order valence-electron chi connectivity index (χ1n) is 0.383. The Morgan fingerprint density at radius 3 is 1.33 bits per heavy atom. The Kier molecular flexibility index (Phi) is 5780. The maximum atomic E-state index is 8.11. The molecule has 0 aliphatic heterocycles. The number of hydrogen-bond donors (Lipinski definition) is 2. The second-order valence-electron chi connectivity index (χ2n) is 0.0816. The summed E-state index contributed by atoms with van der Waals surface area (Å²) in [6.07, 6.45) is 0. The zero-order chi connectivity index (χ0) is 2.71. The Morgan fingerprint density at radius 2 is 1.33 bits per heavy atom. The van der Waals surface area contributed by atoms with Crippen molar-refractivity contribution in [2.75, 3.05) is 0 Å². The molecule has 0 amide bonds. The van der Waals surface area contributed by atoms with Gasteiger partial charge in [0, 0.05) is 12.3 Å². The van der Waals surface area contributed by atoms with Crippen molar-refractivity contribution in [1.29, 1.82) is 0 Å². The Hall–Kier alpha value is -0.720. The summed E-state index contributed by atoms with van der Waals surface area (Å²) in [6.45, 7) is 0. The monoisotopic (exact) mass is 92.0 g/mol. The molecule has 0 saturated heterocycles. The van der Waals surface area contributed by atoms with Crippen LogP contribution in [0.15, 0.2) is 5.34 Å². The summed E-state index contributed by atoms with van der Waals surface area (Å²) < 4.78 is 0. The molecule has 0 heterocycles. The summed E-state index contributed by atoms with van der Waals surface area (Å²) in [7, 11) is 0. The van der Waals surface area contributed by atoms with Gasteiger partial charge < -0.3 is 11.4 Å². The third-order valence-electron chi connectivity index (χ3n) is 0. The highest BCUT2D eigenvalue weighted by atomic mass is 16.6. The van der Waals surface area contributed by atoms with Crippen LogP contribution in [0.4, 0.5) is 0 Å². The fraction of sp³-hybridized carbons (Fsp3) is 0. The van der Waals surface area contributed by atoms with Crippen molar-refractivity contribution < 1.29 is 5.21 Å². The van der Waals surface area contributed by atoms with Gasteiger partial charge in [-0.05, 0) is 0 Å². The van der Waals surface area contributed by atoms with E-state index in [1.54, 1.807) is 0 Å². The van der Waals surface area contributed by atoms with Gasteiger partial charge >= 0.3 is 0 Å². The average Bonchev–Trinajstić information content (AvgIpc) is 0.918. The lowest BCUT2D eigenvalue weighted by Crippen LogP contribution is -1.25. The summed E-state index contributed by atoms with van der Waals surface area (Å²) in [5.74, 6) is 0. The number of hydrogen-bond acceptors (Lipinski definition) is 3. The van der Waals surface area contributed by atoms with E-state index in [0.717, 1.165) is 0 Å². The second-order valence-corrected chi connectivity index (χ2v) is 0.0816. The number of nitrogens with zero attached hydrogens (tertiary/aromatic N) is 3. The first-order valence-corrected chi connectivity index (χ1v) is 0.383. The van der Waals surface area contributed by atoms with Crippen molar-refractivity contribution in [2.45, 2.75) is 0 Å². The van der Waals surface area contributed by atoms with Crippen LogP contribution in [-0.4, -0.2) is 5.21 Å². The minimum atomic E-state index is 0. The fourth-order valence-electron chi connectivity index (χ4n) is 0. The summed E-state index contributed by atoms with van der Waals surface area (Å²) in [6, 6.07) is 0. The van der Waals surface area contributed by atoms with E-state index in [2.05, 4.69) is 0 Å². The zero-order valence-electron chi connectivity index (χ0n) is 2.90. The maximum Gasteiger partial charge on any atom is 0.152 e. The Balaban J connectivity index is -0.00000000667. The van der Waals surface area contributed by atoms with Crippen molar-refractivity contribution in [3.63, 3.8) is 0 Å². The molecular formula is H4N4O2. The normalized spacial score (nSPS) is 2.00. The fourth-order valence-corrected chi connectivity index (χ4v) is 0. The molecule has 0 aromatic heterocycles. The lowest BCUT2D eigenvalue weighted by atomic mass is 13.4. The van der Waals surface area contributed by atoms with Crippen molar-refractivity contribution in [1.82, 2.24) is 18.5 Å². The third kappa shape index (κ3) is 32.9.